The maximum absolute atomic E-state index is 12.7. The summed E-state index contributed by atoms with van der Waals surface area (Å²) >= 11 is 0. The molecule has 0 aliphatic rings. The van der Waals surface area contributed by atoms with Gasteiger partial charge < -0.3 is 9.73 Å². The minimum atomic E-state index is -4.42. The average molecular weight is 311 g/mol. The quantitative estimate of drug-likeness (QED) is 0.903. The highest BCUT2D eigenvalue weighted by molar-refractivity contribution is 5.92. The second kappa shape index (κ2) is 6.25. The Hall–Kier alpha value is -2.24. The van der Waals surface area contributed by atoms with Gasteiger partial charge in [-0.3, -0.25) is 4.79 Å². The molecule has 1 atom stereocenters. The minimum absolute atomic E-state index is 0.00499. The molecule has 1 heterocycles. The molecular weight excluding hydrogens is 295 g/mol. The van der Waals surface area contributed by atoms with Crippen molar-refractivity contribution in [1.82, 2.24) is 5.32 Å². The van der Waals surface area contributed by atoms with Crippen molar-refractivity contribution in [3.05, 3.63) is 47.7 Å². The van der Waals surface area contributed by atoms with Gasteiger partial charge in [-0.1, -0.05) is 19.1 Å². The molecule has 1 amide bonds. The van der Waals surface area contributed by atoms with E-state index in [0.717, 1.165) is 18.6 Å². The minimum Gasteiger partial charge on any atom is -0.451 e. The lowest BCUT2D eigenvalue weighted by atomic mass is 10.1. The molecule has 1 aromatic heterocycles. The van der Waals surface area contributed by atoms with Gasteiger partial charge >= 0.3 is 6.18 Å². The first-order chi connectivity index (χ1) is 10.3. The zero-order valence-electron chi connectivity index (χ0n) is 12.2. The summed E-state index contributed by atoms with van der Waals surface area (Å²) in [5.74, 6) is -0.0827. The first-order valence-corrected chi connectivity index (χ1v) is 6.89. The van der Waals surface area contributed by atoms with E-state index in [2.05, 4.69) is 5.32 Å². The number of carbonyl (C=O) groups excluding carboxylic acids is 1. The Morgan fingerprint density at radius 1 is 1.27 bits per heavy atom. The summed E-state index contributed by atoms with van der Waals surface area (Å²) in [6.07, 6.45) is -3.65. The molecule has 0 radical (unpaired) electrons. The fraction of sp³-hybridized carbons (Fsp3) is 0.312. The Balaban J connectivity index is 2.23. The summed E-state index contributed by atoms with van der Waals surface area (Å²) < 4.78 is 43.5. The topological polar surface area (TPSA) is 42.2 Å². The van der Waals surface area contributed by atoms with E-state index in [4.69, 9.17) is 4.42 Å². The van der Waals surface area contributed by atoms with Crippen LogP contribution in [0.5, 0.6) is 0 Å². The van der Waals surface area contributed by atoms with Crippen molar-refractivity contribution in [1.29, 1.82) is 0 Å². The molecule has 0 fully saturated rings. The zero-order valence-corrected chi connectivity index (χ0v) is 12.2. The molecule has 1 N–H and O–H groups in total. The zero-order chi connectivity index (χ0) is 16.3. The van der Waals surface area contributed by atoms with E-state index in [1.807, 2.05) is 13.8 Å². The molecule has 2 aromatic rings. The van der Waals surface area contributed by atoms with Crippen LogP contribution in [0.15, 0.2) is 40.8 Å². The second-order valence-corrected chi connectivity index (χ2v) is 5.03. The van der Waals surface area contributed by atoms with E-state index in [0.29, 0.717) is 0 Å². The molecule has 0 aliphatic carbocycles. The molecule has 0 saturated heterocycles. The predicted octanol–water partition coefficient (Wildman–Crippen LogP) is 4.49. The maximum atomic E-state index is 12.7. The molecule has 22 heavy (non-hydrogen) atoms. The van der Waals surface area contributed by atoms with Crippen molar-refractivity contribution in [2.24, 2.45) is 0 Å². The van der Waals surface area contributed by atoms with Crippen LogP contribution in [0.25, 0.3) is 11.3 Å². The molecule has 0 aliphatic heterocycles. The van der Waals surface area contributed by atoms with Crippen molar-refractivity contribution >= 4 is 5.91 Å². The summed E-state index contributed by atoms with van der Waals surface area (Å²) in [6, 6.07) is 7.73. The number of nitrogens with one attached hydrogen (secondary N) is 1. The third-order valence-corrected chi connectivity index (χ3v) is 3.29. The molecule has 3 nitrogen and oxygen atoms in total. The number of amides is 1. The van der Waals surface area contributed by atoms with Gasteiger partial charge in [0.25, 0.3) is 5.91 Å². The van der Waals surface area contributed by atoms with Gasteiger partial charge in [0.2, 0.25) is 0 Å². The summed E-state index contributed by atoms with van der Waals surface area (Å²) in [5.41, 5.74) is -0.482. The second-order valence-electron chi connectivity index (χ2n) is 5.03. The van der Waals surface area contributed by atoms with Crippen LogP contribution < -0.4 is 5.32 Å². The highest BCUT2D eigenvalue weighted by atomic mass is 19.4. The van der Waals surface area contributed by atoms with Crippen LogP contribution in [0.2, 0.25) is 0 Å². The highest BCUT2D eigenvalue weighted by Crippen LogP contribution is 2.32. The van der Waals surface area contributed by atoms with E-state index < -0.39 is 11.7 Å². The number of alkyl halides is 3. The largest absolute Gasteiger partial charge is 0.451 e. The third-order valence-electron chi connectivity index (χ3n) is 3.29. The maximum Gasteiger partial charge on any atom is 0.416 e. The fourth-order valence-electron chi connectivity index (χ4n) is 1.86. The first kappa shape index (κ1) is 16.1. The SMILES string of the molecule is CCC(C)NC(=O)c1ccc(-c2cccc(C(F)(F)F)c2)o1. The molecule has 2 rings (SSSR count). The van der Waals surface area contributed by atoms with Crippen molar-refractivity contribution in [3.8, 4) is 11.3 Å². The van der Waals surface area contributed by atoms with Crippen LogP contribution in [0.4, 0.5) is 13.2 Å². The van der Waals surface area contributed by atoms with Crippen LogP contribution in [0.3, 0.4) is 0 Å². The molecule has 0 saturated carbocycles. The van der Waals surface area contributed by atoms with Gasteiger partial charge in [0.1, 0.15) is 5.76 Å². The van der Waals surface area contributed by atoms with Gasteiger partial charge in [0.15, 0.2) is 5.76 Å². The lowest BCUT2D eigenvalue weighted by Crippen LogP contribution is -2.31. The average Bonchev–Trinajstić information content (AvgIpc) is 2.96. The lowest BCUT2D eigenvalue weighted by molar-refractivity contribution is -0.137. The van der Waals surface area contributed by atoms with Crippen molar-refractivity contribution in [3.63, 3.8) is 0 Å². The van der Waals surface area contributed by atoms with Gasteiger partial charge in [-0.25, -0.2) is 0 Å². The Labute approximate surface area is 126 Å². The van der Waals surface area contributed by atoms with Crippen LogP contribution in [0, 0.1) is 0 Å². The highest BCUT2D eigenvalue weighted by Gasteiger charge is 2.30. The van der Waals surface area contributed by atoms with Gasteiger partial charge in [-0.2, -0.15) is 13.2 Å². The van der Waals surface area contributed by atoms with Gasteiger partial charge in [0, 0.05) is 11.6 Å². The predicted molar refractivity (Wildman–Crippen MR) is 76.4 cm³/mol. The number of furan rings is 1. The van der Waals surface area contributed by atoms with E-state index in [9.17, 15) is 18.0 Å². The van der Waals surface area contributed by atoms with Gasteiger partial charge in [-0.05, 0) is 37.6 Å². The summed E-state index contributed by atoms with van der Waals surface area (Å²) in [7, 11) is 0. The molecular formula is C16H16F3NO2. The number of carbonyl (C=O) groups is 1. The Kier molecular flexibility index (Phi) is 4.59. The van der Waals surface area contributed by atoms with E-state index in [1.165, 1.54) is 24.3 Å². The Morgan fingerprint density at radius 2 is 2.00 bits per heavy atom. The Bertz CT molecular complexity index is 661. The van der Waals surface area contributed by atoms with Gasteiger partial charge in [0.05, 0.1) is 5.56 Å². The summed E-state index contributed by atoms with van der Waals surface area (Å²) in [6.45, 7) is 3.79. The standard InChI is InChI=1S/C16H16F3NO2/c1-3-10(2)20-15(21)14-8-7-13(22-14)11-5-4-6-12(9-11)16(17,18)19/h4-10H,3H2,1-2H3,(H,20,21). The molecule has 118 valence electrons. The van der Waals surface area contributed by atoms with Crippen molar-refractivity contribution in [2.75, 3.05) is 0 Å². The van der Waals surface area contributed by atoms with Gasteiger partial charge in [-0.15, -0.1) is 0 Å². The van der Waals surface area contributed by atoms with Crippen LogP contribution in [-0.4, -0.2) is 11.9 Å². The van der Waals surface area contributed by atoms with Crippen molar-refractivity contribution in [2.45, 2.75) is 32.5 Å². The number of hydrogen-bond acceptors (Lipinski definition) is 2. The van der Waals surface area contributed by atoms with Crippen LogP contribution in [0.1, 0.15) is 36.4 Å². The van der Waals surface area contributed by atoms with E-state index in [-0.39, 0.29) is 29.0 Å². The monoisotopic (exact) mass is 311 g/mol. The molecule has 1 aromatic carbocycles. The molecule has 0 bridgehead atoms. The molecule has 6 heteroatoms. The smallest absolute Gasteiger partial charge is 0.416 e. The fourth-order valence-corrected chi connectivity index (χ4v) is 1.86. The summed E-state index contributed by atoms with van der Waals surface area (Å²) in [5, 5.41) is 2.73. The van der Waals surface area contributed by atoms with Crippen molar-refractivity contribution < 1.29 is 22.4 Å². The van der Waals surface area contributed by atoms with Crippen LogP contribution >= 0.6 is 0 Å². The molecule has 0 spiro atoms. The number of halogens is 3. The number of hydrogen-bond donors (Lipinski definition) is 1. The summed E-state index contributed by atoms with van der Waals surface area (Å²) in [4.78, 5) is 11.9. The van der Waals surface area contributed by atoms with E-state index >= 15 is 0 Å². The van der Waals surface area contributed by atoms with Crippen LogP contribution in [-0.2, 0) is 6.18 Å². The normalized spacial score (nSPS) is 13.0. The van der Waals surface area contributed by atoms with E-state index in [1.54, 1.807) is 0 Å². The molecule has 1 unspecified atom stereocenters. The first-order valence-electron chi connectivity index (χ1n) is 6.89. The third kappa shape index (κ3) is 3.69. The number of rotatable bonds is 4. The number of benzene rings is 1. The lowest BCUT2D eigenvalue weighted by Gasteiger charge is -2.09. The Morgan fingerprint density at radius 3 is 2.64 bits per heavy atom.